The number of halogens is 17. The van der Waals surface area contributed by atoms with Gasteiger partial charge in [0.2, 0.25) is 0 Å². The van der Waals surface area contributed by atoms with Crippen LogP contribution in [0, 0.1) is 11.3 Å². The Hall–Kier alpha value is -2.61. The highest BCUT2D eigenvalue weighted by atomic mass is 32.2. The molecule has 2 aromatic heterocycles. The number of hydrogen-bond acceptors (Lipinski definition) is 5. The summed E-state index contributed by atoms with van der Waals surface area (Å²) in [6.07, 6.45) is -7.92. The van der Waals surface area contributed by atoms with Gasteiger partial charge in [-0.1, -0.05) is 0 Å². The van der Waals surface area contributed by atoms with Crippen LogP contribution in [-0.4, -0.2) is 55.4 Å². The summed E-state index contributed by atoms with van der Waals surface area (Å²) in [7, 11) is -7.74. The fraction of sp³-hybridized carbons (Fsp3) is 0.421. The normalized spacial score (nSPS) is 15.9. The van der Waals surface area contributed by atoms with E-state index < -0.39 is 78.4 Å². The molecule has 2 aromatic rings. The molecule has 0 N–H and O–H groups in total. The van der Waals surface area contributed by atoms with Crippen LogP contribution in [-0.2, 0) is 9.84 Å². The SMILES string of the molecule is N#CC(=C1c2ccsc2-c2sccc21)S(=O)(=O)C(F)(F)C(F)(F)C(F)(F)C(F)(F)C(F)(F)C(F)(F)C(F)(F)C(F)(F)F. The van der Waals surface area contributed by atoms with Crippen LogP contribution in [0.2, 0.25) is 0 Å². The van der Waals surface area contributed by atoms with Crippen molar-refractivity contribution in [2.45, 2.75) is 47.0 Å². The van der Waals surface area contributed by atoms with E-state index in [2.05, 4.69) is 0 Å². The lowest BCUT2D eigenvalue weighted by Crippen LogP contribution is -2.75. The molecule has 1 aliphatic carbocycles. The Bertz CT molecular complexity index is 1550. The van der Waals surface area contributed by atoms with E-state index >= 15 is 0 Å². The highest BCUT2D eigenvalue weighted by Gasteiger charge is 2.96. The number of nitrogens with zero attached hydrogens (tertiary/aromatic N) is 1. The van der Waals surface area contributed by atoms with Crippen molar-refractivity contribution in [2.24, 2.45) is 0 Å². The van der Waals surface area contributed by atoms with Crippen molar-refractivity contribution in [3.63, 3.8) is 0 Å². The Labute approximate surface area is 228 Å². The summed E-state index contributed by atoms with van der Waals surface area (Å²) in [4.78, 5) is -2.50. The lowest BCUT2D eigenvalue weighted by atomic mass is 9.91. The van der Waals surface area contributed by atoms with Crippen LogP contribution in [0.5, 0.6) is 0 Å². The number of alkyl halides is 17. The maximum absolute atomic E-state index is 14.7. The topological polar surface area (TPSA) is 57.9 Å². The summed E-state index contributed by atoms with van der Waals surface area (Å²) in [5.41, 5.74) is -2.09. The summed E-state index contributed by atoms with van der Waals surface area (Å²) in [6.45, 7) is 0. The highest BCUT2D eigenvalue weighted by molar-refractivity contribution is 7.96. The highest BCUT2D eigenvalue weighted by Crippen LogP contribution is 2.65. The first-order valence-electron chi connectivity index (χ1n) is 9.80. The smallest absolute Gasteiger partial charge is 0.216 e. The van der Waals surface area contributed by atoms with Crippen LogP contribution in [0.1, 0.15) is 11.1 Å². The summed E-state index contributed by atoms with van der Waals surface area (Å²) in [5.74, 6) is -52.3. The van der Waals surface area contributed by atoms with Crippen molar-refractivity contribution in [1.82, 2.24) is 0 Å². The Morgan fingerprint density at radius 3 is 1.26 bits per heavy atom. The molecule has 3 nitrogen and oxygen atoms in total. The summed E-state index contributed by atoms with van der Waals surface area (Å²) in [5, 5.41) is 3.70. The van der Waals surface area contributed by atoms with E-state index in [0.29, 0.717) is 6.07 Å². The molecular weight excluding hydrogens is 693 g/mol. The molecule has 234 valence electrons. The van der Waals surface area contributed by atoms with E-state index in [1.54, 1.807) is 0 Å². The molecule has 0 atom stereocenters. The van der Waals surface area contributed by atoms with E-state index in [-0.39, 0.29) is 9.75 Å². The van der Waals surface area contributed by atoms with Gasteiger partial charge in [0.1, 0.15) is 6.07 Å². The number of thiophene rings is 2. The molecule has 23 heteroatoms. The van der Waals surface area contributed by atoms with Crippen LogP contribution in [0.4, 0.5) is 74.6 Å². The number of allylic oxidation sites excluding steroid dienone is 1. The second kappa shape index (κ2) is 9.20. The van der Waals surface area contributed by atoms with Gasteiger partial charge in [-0.2, -0.15) is 79.9 Å². The molecule has 0 saturated carbocycles. The van der Waals surface area contributed by atoms with Gasteiger partial charge in [0.05, 0.1) is 9.75 Å². The summed E-state index contributed by atoms with van der Waals surface area (Å²) < 4.78 is 256. The van der Waals surface area contributed by atoms with Crippen molar-refractivity contribution in [3.05, 3.63) is 38.9 Å². The second-order valence-corrected chi connectivity index (χ2v) is 11.9. The largest absolute Gasteiger partial charge is 0.460 e. The van der Waals surface area contributed by atoms with Gasteiger partial charge in [-0.25, -0.2) is 8.42 Å². The van der Waals surface area contributed by atoms with Crippen molar-refractivity contribution in [1.29, 1.82) is 5.26 Å². The fourth-order valence-corrected chi connectivity index (χ4v) is 6.78. The molecule has 0 bridgehead atoms. The Morgan fingerprint density at radius 1 is 0.595 bits per heavy atom. The van der Waals surface area contributed by atoms with Gasteiger partial charge in [0.15, 0.2) is 4.91 Å². The number of nitriles is 1. The van der Waals surface area contributed by atoms with E-state index in [1.165, 1.54) is 0 Å². The minimum Gasteiger partial charge on any atom is -0.216 e. The van der Waals surface area contributed by atoms with Crippen LogP contribution in [0.3, 0.4) is 0 Å². The van der Waals surface area contributed by atoms with Gasteiger partial charge in [0, 0.05) is 16.7 Å². The molecule has 2 heterocycles. The molecular formula is C19H4F17NO2S3. The predicted molar refractivity (Wildman–Crippen MR) is 109 cm³/mol. The Kier molecular flexibility index (Phi) is 7.42. The van der Waals surface area contributed by atoms with Gasteiger partial charge in [-0.3, -0.25) is 0 Å². The summed E-state index contributed by atoms with van der Waals surface area (Å²) >= 11 is 1.50. The first kappa shape index (κ1) is 33.9. The molecule has 0 saturated heterocycles. The minimum absolute atomic E-state index is 0.0114. The monoisotopic (exact) mass is 697 g/mol. The Morgan fingerprint density at radius 2 is 0.929 bits per heavy atom. The second-order valence-electron chi connectivity index (χ2n) is 8.11. The third-order valence-electron chi connectivity index (χ3n) is 5.70. The number of rotatable bonds is 8. The molecule has 0 unspecified atom stereocenters. The van der Waals surface area contributed by atoms with E-state index in [4.69, 9.17) is 0 Å². The third-order valence-corrected chi connectivity index (χ3v) is 9.46. The lowest BCUT2D eigenvalue weighted by molar-refractivity contribution is -0.458. The lowest BCUT2D eigenvalue weighted by Gasteiger charge is -2.42. The molecule has 1 aliphatic rings. The van der Waals surface area contributed by atoms with Crippen LogP contribution in [0.15, 0.2) is 27.8 Å². The van der Waals surface area contributed by atoms with Crippen molar-refractivity contribution in [3.8, 4) is 15.8 Å². The zero-order valence-electron chi connectivity index (χ0n) is 18.7. The van der Waals surface area contributed by atoms with Gasteiger partial charge in [-0.05, 0) is 22.9 Å². The quantitative estimate of drug-likeness (QED) is 0.175. The number of hydrogen-bond donors (Lipinski definition) is 0. The third kappa shape index (κ3) is 3.85. The average Bonchev–Trinajstić information content (AvgIpc) is 3.54. The van der Waals surface area contributed by atoms with Gasteiger partial charge in [0.25, 0.3) is 9.84 Å². The zero-order chi connectivity index (χ0) is 32.9. The standard InChI is InChI=1S/C19H4F17NO2S3/c20-12(21,14(24,25)16(28,29)18(32,33)34)13(22,23)15(26,27)17(30,31)19(35,36)42(38,39)8(5-37)9-6-1-3-40-10(6)11-7(9)2-4-41-11/h1-4H. The molecule has 42 heavy (non-hydrogen) atoms. The van der Waals surface area contributed by atoms with Crippen LogP contribution in [0.25, 0.3) is 15.3 Å². The van der Waals surface area contributed by atoms with Crippen LogP contribution < -0.4 is 0 Å². The zero-order valence-corrected chi connectivity index (χ0v) is 21.2. The van der Waals surface area contributed by atoms with Crippen molar-refractivity contribution in [2.75, 3.05) is 0 Å². The van der Waals surface area contributed by atoms with Crippen LogP contribution >= 0.6 is 22.7 Å². The van der Waals surface area contributed by atoms with Gasteiger partial charge >= 0.3 is 47.0 Å². The summed E-state index contributed by atoms with van der Waals surface area (Å²) in [6, 6.07) is 2.30. The fourth-order valence-electron chi connectivity index (χ4n) is 3.45. The maximum Gasteiger partial charge on any atom is 0.460 e. The molecule has 0 radical (unpaired) electrons. The number of fused-ring (bicyclic) bond motifs is 3. The molecule has 0 aliphatic heterocycles. The molecule has 3 rings (SSSR count). The first-order chi connectivity index (χ1) is 18.5. The molecule has 0 aromatic carbocycles. The molecule has 0 amide bonds. The van der Waals surface area contributed by atoms with E-state index in [1.807, 2.05) is 0 Å². The first-order valence-corrected chi connectivity index (χ1v) is 13.0. The van der Waals surface area contributed by atoms with E-state index in [0.717, 1.165) is 45.6 Å². The maximum atomic E-state index is 14.7. The van der Waals surface area contributed by atoms with Crippen molar-refractivity contribution >= 4 is 38.1 Å². The average molecular weight is 697 g/mol. The minimum atomic E-state index is -8.95. The predicted octanol–water partition coefficient (Wildman–Crippen LogP) is 8.45. The Balaban J connectivity index is 2.25. The van der Waals surface area contributed by atoms with Gasteiger partial charge < -0.3 is 0 Å². The molecule has 0 fully saturated rings. The molecule has 0 spiro atoms. The van der Waals surface area contributed by atoms with E-state index in [9.17, 15) is 88.3 Å². The van der Waals surface area contributed by atoms with Crippen molar-refractivity contribution < 1.29 is 83.1 Å². The number of sulfone groups is 1. The van der Waals surface area contributed by atoms with Gasteiger partial charge in [-0.15, -0.1) is 22.7 Å².